The number of anilines is 1. The number of aromatic nitrogens is 3. The van der Waals surface area contributed by atoms with Crippen molar-refractivity contribution in [2.45, 2.75) is 38.3 Å². The Morgan fingerprint density at radius 3 is 3.00 bits per heavy atom. The van der Waals surface area contributed by atoms with Crippen LogP contribution in [0.15, 0.2) is 11.5 Å². The van der Waals surface area contributed by atoms with Crippen LogP contribution in [0.5, 0.6) is 0 Å². The number of esters is 1. The second kappa shape index (κ2) is 8.22. The summed E-state index contributed by atoms with van der Waals surface area (Å²) in [4.78, 5) is 26.0. The van der Waals surface area contributed by atoms with Crippen molar-refractivity contribution in [3.05, 3.63) is 22.3 Å². The van der Waals surface area contributed by atoms with Gasteiger partial charge in [-0.1, -0.05) is 18.7 Å². The van der Waals surface area contributed by atoms with E-state index >= 15 is 0 Å². The fraction of sp³-hybridized carbons (Fsp3) is 0.529. The van der Waals surface area contributed by atoms with E-state index in [1.54, 1.807) is 17.8 Å². The minimum Gasteiger partial charge on any atom is -0.462 e. The third kappa shape index (κ3) is 4.09. The van der Waals surface area contributed by atoms with E-state index in [-0.39, 0.29) is 17.6 Å². The topological polar surface area (TPSA) is 86.1 Å². The Hall–Kier alpha value is -1.87. The lowest BCUT2D eigenvalue weighted by atomic mass is 9.88. The van der Waals surface area contributed by atoms with Gasteiger partial charge >= 0.3 is 5.97 Å². The number of nitrogens with one attached hydrogen (secondary N) is 1. The fourth-order valence-electron chi connectivity index (χ4n) is 2.95. The number of aryl methyl sites for hydroxylation is 1. The second-order valence-corrected chi connectivity index (χ2v) is 8.39. The van der Waals surface area contributed by atoms with E-state index in [2.05, 4.69) is 22.4 Å². The third-order valence-corrected chi connectivity index (χ3v) is 6.45. The molecule has 2 aromatic rings. The van der Waals surface area contributed by atoms with Gasteiger partial charge in [0.2, 0.25) is 5.91 Å². The molecule has 2 heterocycles. The monoisotopic (exact) mass is 394 g/mol. The SMILES string of the molecule is CCOC(=O)c1c(NC(=O)CSc2nncn2C)sc2c1CCC(C)C2. The zero-order valence-corrected chi connectivity index (χ0v) is 16.7. The molecule has 1 atom stereocenters. The number of carbonyl (C=O) groups is 2. The van der Waals surface area contributed by atoms with Crippen LogP contribution in [0.1, 0.15) is 41.1 Å². The van der Waals surface area contributed by atoms with E-state index in [1.165, 1.54) is 28.0 Å². The van der Waals surface area contributed by atoms with Crippen molar-refractivity contribution >= 4 is 40.0 Å². The van der Waals surface area contributed by atoms with E-state index in [0.29, 0.717) is 28.2 Å². The predicted octanol–water partition coefficient (Wildman–Crippen LogP) is 2.91. The predicted molar refractivity (Wildman–Crippen MR) is 102 cm³/mol. The van der Waals surface area contributed by atoms with E-state index in [0.717, 1.165) is 24.8 Å². The van der Waals surface area contributed by atoms with Crippen molar-refractivity contribution in [1.82, 2.24) is 14.8 Å². The average molecular weight is 395 g/mol. The van der Waals surface area contributed by atoms with Crippen molar-refractivity contribution in [2.75, 3.05) is 17.7 Å². The molecule has 9 heteroatoms. The molecule has 0 bridgehead atoms. The third-order valence-electron chi connectivity index (χ3n) is 4.25. The van der Waals surface area contributed by atoms with E-state index < -0.39 is 0 Å². The average Bonchev–Trinajstić information content (AvgIpc) is 3.15. The summed E-state index contributed by atoms with van der Waals surface area (Å²) >= 11 is 2.81. The van der Waals surface area contributed by atoms with Crippen molar-refractivity contribution in [1.29, 1.82) is 0 Å². The first kappa shape index (κ1) is 18.9. The molecule has 140 valence electrons. The van der Waals surface area contributed by atoms with Gasteiger partial charge in [0, 0.05) is 11.9 Å². The first-order valence-corrected chi connectivity index (χ1v) is 10.4. The number of hydrogen-bond donors (Lipinski definition) is 1. The quantitative estimate of drug-likeness (QED) is 0.599. The maximum absolute atomic E-state index is 12.5. The van der Waals surface area contributed by atoms with Crippen LogP contribution in [0.4, 0.5) is 5.00 Å². The summed E-state index contributed by atoms with van der Waals surface area (Å²) in [5.41, 5.74) is 1.58. The number of hydrogen-bond acceptors (Lipinski definition) is 7. The summed E-state index contributed by atoms with van der Waals surface area (Å²) in [6.45, 7) is 4.31. The van der Waals surface area contributed by atoms with E-state index in [1.807, 2.05) is 7.05 Å². The molecule has 1 aliphatic rings. The van der Waals surface area contributed by atoms with Gasteiger partial charge in [-0.25, -0.2) is 4.79 Å². The van der Waals surface area contributed by atoms with Crippen LogP contribution in [0.3, 0.4) is 0 Å². The van der Waals surface area contributed by atoms with Crippen LogP contribution in [-0.2, 0) is 29.4 Å². The maximum atomic E-state index is 12.5. The number of carbonyl (C=O) groups excluding carboxylic acids is 2. The Labute approximate surface area is 160 Å². The molecular formula is C17H22N4O3S2. The lowest BCUT2D eigenvalue weighted by Crippen LogP contribution is -2.18. The van der Waals surface area contributed by atoms with Gasteiger partial charge in [-0.2, -0.15) is 0 Å². The molecule has 26 heavy (non-hydrogen) atoms. The zero-order valence-electron chi connectivity index (χ0n) is 15.1. The Kier molecular flexibility index (Phi) is 5.98. The number of amides is 1. The largest absolute Gasteiger partial charge is 0.462 e. The Morgan fingerprint density at radius 1 is 1.50 bits per heavy atom. The van der Waals surface area contributed by atoms with Crippen molar-refractivity contribution in [3.63, 3.8) is 0 Å². The molecule has 0 saturated heterocycles. The molecule has 0 spiro atoms. The number of ether oxygens (including phenoxy) is 1. The number of thioether (sulfide) groups is 1. The molecule has 1 aliphatic carbocycles. The van der Waals surface area contributed by atoms with Crippen LogP contribution in [0.25, 0.3) is 0 Å². The molecule has 0 aromatic carbocycles. The van der Waals surface area contributed by atoms with Crippen LogP contribution in [0.2, 0.25) is 0 Å². The van der Waals surface area contributed by atoms with Crippen molar-refractivity contribution < 1.29 is 14.3 Å². The van der Waals surface area contributed by atoms with Gasteiger partial charge in [-0.3, -0.25) is 4.79 Å². The molecule has 0 saturated carbocycles. The first-order valence-electron chi connectivity index (χ1n) is 8.57. The number of nitrogens with zero attached hydrogens (tertiary/aromatic N) is 3. The fourth-order valence-corrected chi connectivity index (χ4v) is 5.06. The van der Waals surface area contributed by atoms with E-state index in [4.69, 9.17) is 4.74 Å². The molecule has 1 amide bonds. The Bertz CT molecular complexity index is 815. The standard InChI is InChI=1S/C17H22N4O3S2/c1-4-24-16(23)14-11-6-5-10(2)7-12(11)26-15(14)19-13(22)8-25-17-20-18-9-21(17)3/h9-10H,4-8H2,1-3H3,(H,19,22). The summed E-state index contributed by atoms with van der Waals surface area (Å²) < 4.78 is 6.98. The summed E-state index contributed by atoms with van der Waals surface area (Å²) in [5.74, 6) is 0.269. The molecule has 1 unspecified atom stereocenters. The Morgan fingerprint density at radius 2 is 2.31 bits per heavy atom. The zero-order chi connectivity index (χ0) is 18.7. The van der Waals surface area contributed by atoms with Crippen molar-refractivity contribution in [3.8, 4) is 0 Å². The summed E-state index contributed by atoms with van der Waals surface area (Å²) in [7, 11) is 1.83. The lowest BCUT2D eigenvalue weighted by molar-refractivity contribution is -0.113. The van der Waals surface area contributed by atoms with Gasteiger partial charge in [0.25, 0.3) is 0 Å². The van der Waals surface area contributed by atoms with Crippen LogP contribution in [-0.4, -0.2) is 39.0 Å². The molecule has 0 aliphatic heterocycles. The van der Waals surface area contributed by atoms with Gasteiger partial charge in [0.15, 0.2) is 5.16 Å². The lowest BCUT2D eigenvalue weighted by Gasteiger charge is -2.18. The second-order valence-electron chi connectivity index (χ2n) is 6.34. The molecule has 7 nitrogen and oxygen atoms in total. The summed E-state index contributed by atoms with van der Waals surface area (Å²) in [5, 5.41) is 11.9. The van der Waals surface area contributed by atoms with Crippen molar-refractivity contribution in [2.24, 2.45) is 13.0 Å². The van der Waals surface area contributed by atoms with E-state index in [9.17, 15) is 9.59 Å². The highest BCUT2D eigenvalue weighted by atomic mass is 32.2. The molecule has 3 rings (SSSR count). The molecule has 1 N–H and O–H groups in total. The minimum absolute atomic E-state index is 0.171. The van der Waals surface area contributed by atoms with Gasteiger partial charge < -0.3 is 14.6 Å². The molecule has 0 fully saturated rings. The van der Waals surface area contributed by atoms with Crippen LogP contribution >= 0.6 is 23.1 Å². The highest BCUT2D eigenvalue weighted by Crippen LogP contribution is 2.40. The van der Waals surface area contributed by atoms with Crippen LogP contribution < -0.4 is 5.32 Å². The highest BCUT2D eigenvalue weighted by molar-refractivity contribution is 7.99. The number of rotatable bonds is 6. The molecular weight excluding hydrogens is 372 g/mol. The smallest absolute Gasteiger partial charge is 0.341 e. The summed E-state index contributed by atoms with van der Waals surface area (Å²) in [6.07, 6.45) is 4.43. The number of thiophene rings is 1. The molecule has 0 radical (unpaired) electrons. The summed E-state index contributed by atoms with van der Waals surface area (Å²) in [6, 6.07) is 0. The van der Waals surface area contributed by atoms with Gasteiger partial charge in [0.05, 0.1) is 17.9 Å². The van der Waals surface area contributed by atoms with Gasteiger partial charge in [-0.05, 0) is 37.7 Å². The van der Waals surface area contributed by atoms with Gasteiger partial charge in [0.1, 0.15) is 11.3 Å². The molecule has 2 aromatic heterocycles. The minimum atomic E-state index is -0.351. The maximum Gasteiger partial charge on any atom is 0.341 e. The van der Waals surface area contributed by atoms with Gasteiger partial charge in [-0.15, -0.1) is 21.5 Å². The normalized spacial score (nSPS) is 16.2. The Balaban J connectivity index is 1.76. The highest BCUT2D eigenvalue weighted by Gasteiger charge is 2.29. The first-order chi connectivity index (χ1) is 12.5. The number of fused-ring (bicyclic) bond motifs is 1. The van der Waals surface area contributed by atoms with Crippen LogP contribution in [0, 0.1) is 5.92 Å².